The molecule has 0 N–H and O–H groups in total. The van der Waals surface area contributed by atoms with E-state index in [1.807, 2.05) is 50.8 Å². The van der Waals surface area contributed by atoms with Gasteiger partial charge in [-0.2, -0.15) is 0 Å². The minimum absolute atomic E-state index is 0.0520. The highest BCUT2D eigenvalue weighted by Crippen LogP contribution is 2.29. The number of aromatic nitrogens is 1. The van der Waals surface area contributed by atoms with Crippen LogP contribution in [0.1, 0.15) is 48.1 Å². The number of amides is 1. The van der Waals surface area contributed by atoms with Crippen molar-refractivity contribution >= 4 is 23.6 Å². The van der Waals surface area contributed by atoms with Gasteiger partial charge in [0.2, 0.25) is 5.91 Å². The van der Waals surface area contributed by atoms with E-state index in [1.165, 1.54) is 0 Å². The molecule has 0 aliphatic carbocycles. The van der Waals surface area contributed by atoms with Crippen LogP contribution in [0, 0.1) is 13.8 Å². The molecule has 1 aromatic carbocycles. The van der Waals surface area contributed by atoms with Gasteiger partial charge >= 0.3 is 5.97 Å². The van der Waals surface area contributed by atoms with Crippen LogP contribution in [0.3, 0.4) is 0 Å². The molecule has 1 saturated heterocycles. The van der Waals surface area contributed by atoms with Crippen molar-refractivity contribution in [3.05, 3.63) is 52.9 Å². The van der Waals surface area contributed by atoms with Gasteiger partial charge in [0, 0.05) is 55.8 Å². The van der Waals surface area contributed by atoms with Crippen LogP contribution in [0.25, 0.3) is 6.08 Å². The van der Waals surface area contributed by atoms with Crippen LogP contribution < -0.4 is 9.64 Å². The molecule has 0 radical (unpaired) electrons. The molecule has 0 saturated carbocycles. The van der Waals surface area contributed by atoms with Crippen molar-refractivity contribution < 1.29 is 19.1 Å². The number of anilines is 1. The van der Waals surface area contributed by atoms with Gasteiger partial charge in [0.05, 0.1) is 24.5 Å². The molecule has 2 heterocycles. The molecule has 1 fully saturated rings. The van der Waals surface area contributed by atoms with Crippen molar-refractivity contribution in [2.45, 2.75) is 41.2 Å². The Labute approximate surface area is 196 Å². The van der Waals surface area contributed by atoms with Gasteiger partial charge in [0.1, 0.15) is 5.75 Å². The molecular formula is C26H35N3O4. The third kappa shape index (κ3) is 5.24. The Morgan fingerprint density at radius 3 is 2.30 bits per heavy atom. The molecule has 178 valence electrons. The highest BCUT2D eigenvalue weighted by molar-refractivity contribution is 5.99. The van der Waals surface area contributed by atoms with Gasteiger partial charge < -0.3 is 23.8 Å². The summed E-state index contributed by atoms with van der Waals surface area (Å²) >= 11 is 0. The van der Waals surface area contributed by atoms with E-state index < -0.39 is 0 Å². The van der Waals surface area contributed by atoms with E-state index in [9.17, 15) is 9.59 Å². The van der Waals surface area contributed by atoms with E-state index in [0.29, 0.717) is 31.9 Å². The number of ether oxygens (including phenoxy) is 2. The summed E-state index contributed by atoms with van der Waals surface area (Å²) < 4.78 is 13.1. The second-order valence-electron chi connectivity index (χ2n) is 7.97. The Morgan fingerprint density at radius 1 is 0.970 bits per heavy atom. The average Bonchev–Trinajstić information content (AvgIpc) is 3.07. The van der Waals surface area contributed by atoms with Crippen molar-refractivity contribution in [3.8, 4) is 5.75 Å². The molecule has 1 aliphatic rings. The Balaban J connectivity index is 1.72. The Morgan fingerprint density at radius 2 is 1.67 bits per heavy atom. The number of nitrogens with zero attached hydrogens (tertiary/aromatic N) is 3. The number of hydrogen-bond acceptors (Lipinski definition) is 5. The molecule has 1 amide bonds. The van der Waals surface area contributed by atoms with Crippen molar-refractivity contribution in [1.29, 1.82) is 0 Å². The molecule has 7 nitrogen and oxygen atoms in total. The summed E-state index contributed by atoms with van der Waals surface area (Å²) in [6, 6.07) is 8.01. The zero-order valence-electron chi connectivity index (χ0n) is 20.4. The first-order valence-corrected chi connectivity index (χ1v) is 11.7. The topological polar surface area (TPSA) is 64.0 Å². The maximum atomic E-state index is 12.9. The fourth-order valence-corrected chi connectivity index (χ4v) is 4.47. The molecule has 0 bridgehead atoms. The van der Waals surface area contributed by atoms with Crippen molar-refractivity contribution in [2.75, 3.05) is 44.3 Å². The van der Waals surface area contributed by atoms with E-state index >= 15 is 0 Å². The van der Waals surface area contributed by atoms with Crippen LogP contribution in [0.5, 0.6) is 5.75 Å². The maximum absolute atomic E-state index is 12.9. The molecular weight excluding hydrogens is 418 g/mol. The summed E-state index contributed by atoms with van der Waals surface area (Å²) in [6.07, 6.45) is 3.34. The lowest BCUT2D eigenvalue weighted by Crippen LogP contribution is -2.48. The van der Waals surface area contributed by atoms with Crippen LogP contribution in [0.4, 0.5) is 5.69 Å². The summed E-state index contributed by atoms with van der Waals surface area (Å²) in [6.45, 7) is 14.1. The largest absolute Gasteiger partial charge is 0.492 e. The Bertz CT molecular complexity index is 1020. The van der Waals surface area contributed by atoms with Crippen molar-refractivity contribution in [3.63, 3.8) is 0 Å². The lowest BCUT2D eigenvalue weighted by Gasteiger charge is -2.36. The predicted molar refractivity (Wildman–Crippen MR) is 131 cm³/mol. The SMILES string of the molecule is CCOC(=O)c1c(/C=C/C(=O)N2CCN(c3ccccc3OCC)CC2)c(C)n(CC)c1C. The number of para-hydroxylation sites is 2. The van der Waals surface area contributed by atoms with Gasteiger partial charge in [-0.1, -0.05) is 12.1 Å². The normalized spacial score (nSPS) is 14.1. The monoisotopic (exact) mass is 453 g/mol. The smallest absolute Gasteiger partial charge is 0.340 e. The second kappa shape index (κ2) is 11.1. The quantitative estimate of drug-likeness (QED) is 0.446. The lowest BCUT2D eigenvalue weighted by molar-refractivity contribution is -0.126. The van der Waals surface area contributed by atoms with Gasteiger partial charge in [-0.3, -0.25) is 4.79 Å². The predicted octanol–water partition coefficient (Wildman–Crippen LogP) is 4.06. The first-order valence-electron chi connectivity index (χ1n) is 11.7. The third-order valence-electron chi connectivity index (χ3n) is 6.12. The molecule has 2 aromatic rings. The number of benzene rings is 1. The molecule has 3 rings (SSSR count). The van der Waals surface area contributed by atoms with Crippen LogP contribution in [0.15, 0.2) is 30.3 Å². The first kappa shape index (κ1) is 24.4. The Kier molecular flexibility index (Phi) is 8.20. The van der Waals surface area contributed by atoms with Crippen LogP contribution in [-0.2, 0) is 16.1 Å². The van der Waals surface area contributed by atoms with Gasteiger partial charge in [0.15, 0.2) is 0 Å². The average molecular weight is 454 g/mol. The van der Waals surface area contributed by atoms with Crippen LogP contribution >= 0.6 is 0 Å². The van der Waals surface area contributed by atoms with E-state index in [2.05, 4.69) is 15.5 Å². The third-order valence-corrected chi connectivity index (χ3v) is 6.12. The summed E-state index contributed by atoms with van der Waals surface area (Å²) in [5.41, 5.74) is 4.18. The molecule has 1 aliphatic heterocycles. The first-order chi connectivity index (χ1) is 15.9. The number of rotatable bonds is 8. The van der Waals surface area contributed by atoms with Crippen LogP contribution in [-0.4, -0.2) is 60.7 Å². The number of piperazine rings is 1. The van der Waals surface area contributed by atoms with E-state index in [1.54, 1.807) is 19.1 Å². The number of carbonyl (C=O) groups excluding carboxylic acids is 2. The second-order valence-corrected chi connectivity index (χ2v) is 7.97. The van der Waals surface area contributed by atoms with Crippen molar-refractivity contribution in [1.82, 2.24) is 9.47 Å². The number of esters is 1. The fourth-order valence-electron chi connectivity index (χ4n) is 4.47. The summed E-state index contributed by atoms with van der Waals surface area (Å²) in [5.74, 6) is 0.472. The highest BCUT2D eigenvalue weighted by atomic mass is 16.5. The fraction of sp³-hybridized carbons (Fsp3) is 0.462. The molecule has 0 unspecified atom stereocenters. The summed E-state index contributed by atoms with van der Waals surface area (Å²) in [5, 5.41) is 0. The van der Waals surface area contributed by atoms with E-state index in [4.69, 9.17) is 9.47 Å². The minimum Gasteiger partial charge on any atom is -0.492 e. The zero-order valence-corrected chi connectivity index (χ0v) is 20.4. The molecule has 0 spiro atoms. The number of hydrogen-bond donors (Lipinski definition) is 0. The van der Waals surface area contributed by atoms with E-state index in [0.717, 1.165) is 48.0 Å². The van der Waals surface area contributed by atoms with Gasteiger partial charge in [0.25, 0.3) is 0 Å². The summed E-state index contributed by atoms with van der Waals surface area (Å²) in [4.78, 5) is 29.6. The molecule has 0 atom stereocenters. The van der Waals surface area contributed by atoms with E-state index in [-0.39, 0.29) is 11.9 Å². The molecule has 7 heteroatoms. The standard InChI is InChI=1S/C26H35N3O4/c1-6-29-19(4)21(25(20(29)5)26(31)33-8-3)13-14-24(30)28-17-15-27(16-18-28)22-11-9-10-12-23(22)32-7-2/h9-14H,6-8,15-18H2,1-5H3/b14-13+. The molecule has 1 aromatic heterocycles. The van der Waals surface area contributed by atoms with Crippen LogP contribution in [0.2, 0.25) is 0 Å². The molecule has 33 heavy (non-hydrogen) atoms. The van der Waals surface area contributed by atoms with Crippen molar-refractivity contribution in [2.24, 2.45) is 0 Å². The Hall–Kier alpha value is -3.22. The lowest BCUT2D eigenvalue weighted by atomic mass is 10.1. The zero-order chi connectivity index (χ0) is 24.0. The maximum Gasteiger partial charge on any atom is 0.340 e. The highest BCUT2D eigenvalue weighted by Gasteiger charge is 2.24. The number of carbonyl (C=O) groups is 2. The summed E-state index contributed by atoms with van der Waals surface area (Å²) in [7, 11) is 0. The van der Waals surface area contributed by atoms with Gasteiger partial charge in [-0.25, -0.2) is 4.79 Å². The van der Waals surface area contributed by atoms with Gasteiger partial charge in [-0.15, -0.1) is 0 Å². The van der Waals surface area contributed by atoms with Gasteiger partial charge in [-0.05, 0) is 52.8 Å². The minimum atomic E-state index is -0.348.